The molecule has 0 aliphatic rings. The number of nitrogens with one attached hydrogen (secondary N) is 1. The highest BCUT2D eigenvalue weighted by Gasteiger charge is 2.10. The van der Waals surface area contributed by atoms with Crippen LogP contribution in [-0.4, -0.2) is 27.0 Å². The Hall–Kier alpha value is -2.04. The molecule has 2 aromatic heterocycles. The van der Waals surface area contributed by atoms with Crippen LogP contribution in [0.4, 0.5) is 5.82 Å². The van der Waals surface area contributed by atoms with Gasteiger partial charge in [-0.1, -0.05) is 6.92 Å². The summed E-state index contributed by atoms with van der Waals surface area (Å²) in [6.45, 7) is 4.10. The minimum Gasteiger partial charge on any atom is -0.373 e. The Kier molecular flexibility index (Phi) is 3.27. The largest absolute Gasteiger partial charge is 0.373 e. The van der Waals surface area contributed by atoms with E-state index in [1.165, 1.54) is 6.33 Å². The second kappa shape index (κ2) is 4.86. The first kappa shape index (κ1) is 11.4. The fourth-order valence-corrected chi connectivity index (χ4v) is 1.69. The fraction of sp³-hybridized carbons (Fsp3) is 0.333. The van der Waals surface area contributed by atoms with Gasteiger partial charge in [-0.25, -0.2) is 19.9 Å². The first-order valence-electron chi connectivity index (χ1n) is 5.58. The summed E-state index contributed by atoms with van der Waals surface area (Å²) < 4.78 is 0. The minimum atomic E-state index is 0.638. The molecule has 0 spiro atoms. The smallest absolute Gasteiger partial charge is 0.180 e. The Labute approximate surface area is 100 Å². The van der Waals surface area contributed by atoms with Crippen LogP contribution in [0.2, 0.25) is 0 Å². The number of aryl methyl sites for hydroxylation is 1. The van der Waals surface area contributed by atoms with Gasteiger partial charge in [0.05, 0.1) is 0 Å². The zero-order valence-corrected chi connectivity index (χ0v) is 10.2. The lowest BCUT2D eigenvalue weighted by Gasteiger charge is -2.10. The van der Waals surface area contributed by atoms with E-state index in [4.69, 9.17) is 0 Å². The van der Waals surface area contributed by atoms with Gasteiger partial charge < -0.3 is 5.32 Å². The maximum atomic E-state index is 4.53. The lowest BCUT2D eigenvalue weighted by molar-refractivity contribution is 0.969. The zero-order valence-electron chi connectivity index (χ0n) is 10.2. The Balaban J connectivity index is 2.56. The lowest BCUT2D eigenvalue weighted by Crippen LogP contribution is -2.05. The van der Waals surface area contributed by atoms with Crippen LogP contribution in [0, 0.1) is 6.92 Å². The third-order valence-corrected chi connectivity index (χ3v) is 2.63. The summed E-state index contributed by atoms with van der Waals surface area (Å²) in [7, 11) is 1.86. The summed E-state index contributed by atoms with van der Waals surface area (Å²) in [5, 5.41) is 3.09. The number of anilines is 1. The molecule has 1 N–H and O–H groups in total. The standard InChI is InChI=1S/C12H15N5/c1-4-9-8(2)11(13-3)17-12(16-9)10-5-6-14-7-15-10/h5-7H,4H2,1-3H3,(H,13,16,17). The Morgan fingerprint density at radius 1 is 1.29 bits per heavy atom. The van der Waals surface area contributed by atoms with E-state index in [2.05, 4.69) is 32.2 Å². The number of rotatable bonds is 3. The SMILES string of the molecule is CCc1nc(-c2ccncn2)nc(NC)c1C. The van der Waals surface area contributed by atoms with Gasteiger partial charge in [-0.15, -0.1) is 0 Å². The van der Waals surface area contributed by atoms with Crippen LogP contribution >= 0.6 is 0 Å². The van der Waals surface area contributed by atoms with Crippen LogP contribution in [0.3, 0.4) is 0 Å². The van der Waals surface area contributed by atoms with Gasteiger partial charge in [0, 0.05) is 24.5 Å². The Bertz CT molecular complexity index is 485. The molecule has 0 radical (unpaired) electrons. The summed E-state index contributed by atoms with van der Waals surface area (Å²) in [5.41, 5.74) is 2.87. The zero-order chi connectivity index (χ0) is 12.3. The highest BCUT2D eigenvalue weighted by molar-refractivity contribution is 5.55. The molecule has 5 heteroatoms. The molecule has 0 aromatic carbocycles. The molecule has 2 heterocycles. The van der Waals surface area contributed by atoms with Crippen molar-refractivity contribution in [2.75, 3.05) is 12.4 Å². The molecule has 0 saturated heterocycles. The van der Waals surface area contributed by atoms with Crippen LogP contribution in [0.15, 0.2) is 18.6 Å². The molecule has 0 atom stereocenters. The van der Waals surface area contributed by atoms with Crippen molar-refractivity contribution in [2.24, 2.45) is 0 Å². The quantitative estimate of drug-likeness (QED) is 0.870. The minimum absolute atomic E-state index is 0.638. The van der Waals surface area contributed by atoms with Gasteiger partial charge in [-0.3, -0.25) is 0 Å². The van der Waals surface area contributed by atoms with Crippen molar-refractivity contribution in [3.63, 3.8) is 0 Å². The summed E-state index contributed by atoms with van der Waals surface area (Å²) in [4.78, 5) is 17.0. The maximum Gasteiger partial charge on any atom is 0.180 e. The van der Waals surface area contributed by atoms with E-state index >= 15 is 0 Å². The molecular weight excluding hydrogens is 214 g/mol. The van der Waals surface area contributed by atoms with Crippen LogP contribution in [0.25, 0.3) is 11.5 Å². The van der Waals surface area contributed by atoms with E-state index in [-0.39, 0.29) is 0 Å². The predicted molar refractivity (Wildman–Crippen MR) is 66.7 cm³/mol. The molecule has 5 nitrogen and oxygen atoms in total. The first-order valence-corrected chi connectivity index (χ1v) is 5.58. The number of nitrogens with zero attached hydrogens (tertiary/aromatic N) is 4. The van der Waals surface area contributed by atoms with E-state index in [0.717, 1.165) is 29.2 Å². The summed E-state index contributed by atoms with van der Waals surface area (Å²) >= 11 is 0. The van der Waals surface area contributed by atoms with E-state index in [0.29, 0.717) is 5.82 Å². The maximum absolute atomic E-state index is 4.53. The first-order chi connectivity index (χ1) is 8.26. The fourth-order valence-electron chi connectivity index (χ4n) is 1.69. The van der Waals surface area contributed by atoms with Crippen LogP contribution in [-0.2, 0) is 6.42 Å². The number of hydrogen-bond donors (Lipinski definition) is 1. The Morgan fingerprint density at radius 2 is 2.12 bits per heavy atom. The average Bonchev–Trinajstić information content (AvgIpc) is 2.40. The summed E-state index contributed by atoms with van der Waals surface area (Å²) in [6.07, 6.45) is 4.07. The molecular formula is C12H15N5. The number of hydrogen-bond acceptors (Lipinski definition) is 5. The summed E-state index contributed by atoms with van der Waals surface area (Å²) in [6, 6.07) is 1.81. The molecule has 0 saturated carbocycles. The molecule has 0 amide bonds. The van der Waals surface area contributed by atoms with Crippen LogP contribution < -0.4 is 5.32 Å². The summed E-state index contributed by atoms with van der Waals surface area (Å²) in [5.74, 6) is 1.49. The highest BCUT2D eigenvalue weighted by atomic mass is 15.0. The normalized spacial score (nSPS) is 10.3. The molecule has 0 bridgehead atoms. The van der Waals surface area contributed by atoms with Crippen molar-refractivity contribution in [3.8, 4) is 11.5 Å². The van der Waals surface area contributed by atoms with Crippen molar-refractivity contribution < 1.29 is 0 Å². The third-order valence-electron chi connectivity index (χ3n) is 2.63. The van der Waals surface area contributed by atoms with Gasteiger partial charge in [0.2, 0.25) is 0 Å². The molecule has 2 aromatic rings. The van der Waals surface area contributed by atoms with Crippen LogP contribution in [0.1, 0.15) is 18.2 Å². The highest BCUT2D eigenvalue weighted by Crippen LogP contribution is 2.20. The van der Waals surface area contributed by atoms with Gasteiger partial charge in [-0.05, 0) is 19.4 Å². The van der Waals surface area contributed by atoms with E-state index < -0.39 is 0 Å². The topological polar surface area (TPSA) is 63.6 Å². The lowest BCUT2D eigenvalue weighted by atomic mass is 10.2. The molecule has 0 fully saturated rings. The molecule has 0 aliphatic heterocycles. The van der Waals surface area contributed by atoms with Crippen molar-refractivity contribution in [2.45, 2.75) is 20.3 Å². The van der Waals surface area contributed by atoms with Crippen molar-refractivity contribution in [3.05, 3.63) is 29.8 Å². The van der Waals surface area contributed by atoms with Crippen molar-refractivity contribution in [1.29, 1.82) is 0 Å². The molecule has 2 rings (SSSR count). The third kappa shape index (κ3) is 2.22. The predicted octanol–water partition coefficient (Wildman–Crippen LogP) is 1.85. The average molecular weight is 229 g/mol. The van der Waals surface area contributed by atoms with Gasteiger partial charge in [0.15, 0.2) is 5.82 Å². The van der Waals surface area contributed by atoms with Crippen molar-refractivity contribution in [1.82, 2.24) is 19.9 Å². The second-order valence-electron chi connectivity index (χ2n) is 3.67. The van der Waals surface area contributed by atoms with E-state index in [1.807, 2.05) is 20.0 Å². The van der Waals surface area contributed by atoms with E-state index in [9.17, 15) is 0 Å². The van der Waals surface area contributed by atoms with Crippen LogP contribution in [0.5, 0.6) is 0 Å². The number of aromatic nitrogens is 4. The van der Waals surface area contributed by atoms with Gasteiger partial charge in [0.25, 0.3) is 0 Å². The molecule has 0 unspecified atom stereocenters. The molecule has 88 valence electrons. The Morgan fingerprint density at radius 3 is 2.71 bits per heavy atom. The monoisotopic (exact) mass is 229 g/mol. The van der Waals surface area contributed by atoms with Gasteiger partial charge in [-0.2, -0.15) is 0 Å². The van der Waals surface area contributed by atoms with E-state index in [1.54, 1.807) is 6.20 Å². The van der Waals surface area contributed by atoms with Crippen molar-refractivity contribution >= 4 is 5.82 Å². The second-order valence-corrected chi connectivity index (χ2v) is 3.67. The molecule has 0 aliphatic carbocycles. The van der Waals surface area contributed by atoms with Gasteiger partial charge in [0.1, 0.15) is 17.8 Å². The molecule has 17 heavy (non-hydrogen) atoms. The van der Waals surface area contributed by atoms with Gasteiger partial charge >= 0.3 is 0 Å².